The first kappa shape index (κ1) is 35.5. The smallest absolute Gasteiger partial charge is 0.160 e. The van der Waals surface area contributed by atoms with Gasteiger partial charge >= 0.3 is 0 Å². The zero-order chi connectivity index (χ0) is 41.5. The van der Waals surface area contributed by atoms with Crippen LogP contribution in [0.3, 0.4) is 0 Å². The molecule has 0 aliphatic heterocycles. The van der Waals surface area contributed by atoms with Crippen LogP contribution >= 0.6 is 0 Å². The predicted octanol–water partition coefficient (Wildman–Crippen LogP) is 14.9. The van der Waals surface area contributed by atoms with Crippen LogP contribution in [0.1, 0.15) is 22.3 Å². The van der Waals surface area contributed by atoms with E-state index in [4.69, 9.17) is 15.0 Å². The molecule has 13 rings (SSSR count). The first-order valence-corrected chi connectivity index (χ1v) is 21.6. The highest BCUT2D eigenvalue weighted by Crippen LogP contribution is 2.63. The van der Waals surface area contributed by atoms with Crippen molar-refractivity contribution in [2.45, 2.75) is 5.41 Å². The Morgan fingerprint density at radius 2 is 0.730 bits per heavy atom. The Labute approximate surface area is 365 Å². The van der Waals surface area contributed by atoms with Crippen molar-refractivity contribution in [1.29, 1.82) is 0 Å². The summed E-state index contributed by atoms with van der Waals surface area (Å²) >= 11 is 0. The lowest BCUT2D eigenvalue weighted by atomic mass is 9.70. The molecule has 3 nitrogen and oxygen atoms in total. The lowest BCUT2D eigenvalue weighted by Crippen LogP contribution is -2.25. The van der Waals surface area contributed by atoms with Crippen LogP contribution in [0.5, 0.6) is 0 Å². The van der Waals surface area contributed by atoms with Crippen molar-refractivity contribution in [3.8, 4) is 78.5 Å². The lowest BCUT2D eigenvalue weighted by Gasteiger charge is -2.30. The number of hydrogen-bond donors (Lipinski definition) is 0. The predicted molar refractivity (Wildman–Crippen MR) is 258 cm³/mol. The number of benzene rings is 9. The van der Waals surface area contributed by atoms with Gasteiger partial charge in [0.1, 0.15) is 0 Å². The molecule has 2 heterocycles. The van der Waals surface area contributed by atoms with Gasteiger partial charge in [0.25, 0.3) is 0 Å². The first-order valence-electron chi connectivity index (χ1n) is 21.6. The molecule has 0 unspecified atom stereocenters. The van der Waals surface area contributed by atoms with E-state index < -0.39 is 5.41 Å². The van der Waals surface area contributed by atoms with Crippen LogP contribution in [0.15, 0.2) is 224 Å². The third-order valence-electron chi connectivity index (χ3n) is 13.3. The third-order valence-corrected chi connectivity index (χ3v) is 13.3. The minimum absolute atomic E-state index is 0.441. The Hall–Kier alpha value is -8.27. The normalized spacial score (nSPS) is 12.9. The quantitative estimate of drug-likeness (QED) is 0.163. The first-order chi connectivity index (χ1) is 31.2. The second-order valence-corrected chi connectivity index (χ2v) is 16.7. The molecule has 0 atom stereocenters. The van der Waals surface area contributed by atoms with E-state index in [2.05, 4.69) is 200 Å². The van der Waals surface area contributed by atoms with Crippen LogP contribution in [0.2, 0.25) is 0 Å². The summed E-state index contributed by atoms with van der Waals surface area (Å²) in [5.74, 6) is 0.695. The number of fused-ring (bicyclic) bond motifs is 13. The Kier molecular flexibility index (Phi) is 7.82. The van der Waals surface area contributed by atoms with Gasteiger partial charge in [0.2, 0.25) is 0 Å². The van der Waals surface area contributed by atoms with Crippen molar-refractivity contribution in [1.82, 2.24) is 15.0 Å². The standard InChI is InChI=1S/C60H37N3/c1-3-15-38(16-4-1)39-27-29-40(30-28-39)56-37-57(63-59(62-56)43-17-5-2-6-18-43)41-31-33-42(34-32-41)58-50-36-54-49(35-48(50)47-22-10-14-26-55(47)61-58)46-21-9-13-25-53(46)60(54)51-23-11-7-19-44(51)45-20-8-12-24-52(45)60/h1-37H. The molecule has 0 amide bonds. The molecule has 0 N–H and O–H groups in total. The van der Waals surface area contributed by atoms with E-state index in [0.717, 1.165) is 55.6 Å². The number of rotatable bonds is 5. The second-order valence-electron chi connectivity index (χ2n) is 16.7. The SMILES string of the molecule is c1ccc(-c2ccc(-c3cc(-c4ccc(-c5nc6ccccc6c6cc7c(cc56)C5(c6ccccc6-c6ccccc65)c5ccccc5-7)cc4)nc(-c4ccccc4)n3)cc2)cc1. The molecule has 0 saturated carbocycles. The molecule has 1 spiro atoms. The van der Waals surface area contributed by atoms with Gasteiger partial charge in [-0.2, -0.15) is 0 Å². The highest BCUT2D eigenvalue weighted by atomic mass is 14.9. The Morgan fingerprint density at radius 1 is 0.270 bits per heavy atom. The summed E-state index contributed by atoms with van der Waals surface area (Å²) in [6, 6.07) is 80.8. The minimum Gasteiger partial charge on any atom is -0.247 e. The van der Waals surface area contributed by atoms with Gasteiger partial charge in [0.05, 0.1) is 28.0 Å². The highest BCUT2D eigenvalue weighted by Gasteiger charge is 2.51. The summed E-state index contributed by atoms with van der Waals surface area (Å²) in [7, 11) is 0. The zero-order valence-corrected chi connectivity index (χ0v) is 34.2. The molecule has 9 aromatic carbocycles. The van der Waals surface area contributed by atoms with E-state index in [-0.39, 0.29) is 0 Å². The fraction of sp³-hybridized carbons (Fsp3) is 0.0167. The summed E-state index contributed by atoms with van der Waals surface area (Å²) in [6.07, 6.45) is 0. The fourth-order valence-electron chi connectivity index (χ4n) is 10.5. The van der Waals surface area contributed by atoms with E-state index in [0.29, 0.717) is 5.82 Å². The van der Waals surface area contributed by atoms with Gasteiger partial charge in [0, 0.05) is 33.0 Å². The van der Waals surface area contributed by atoms with Crippen LogP contribution in [0.25, 0.3) is 100 Å². The maximum absolute atomic E-state index is 5.47. The monoisotopic (exact) mass is 799 g/mol. The van der Waals surface area contributed by atoms with Gasteiger partial charge in [-0.1, -0.05) is 200 Å². The van der Waals surface area contributed by atoms with Crippen molar-refractivity contribution in [2.24, 2.45) is 0 Å². The van der Waals surface area contributed by atoms with Gasteiger partial charge in [-0.3, -0.25) is 0 Å². The summed E-state index contributed by atoms with van der Waals surface area (Å²) in [6.45, 7) is 0. The number of nitrogens with zero attached hydrogens (tertiary/aromatic N) is 3. The van der Waals surface area contributed by atoms with Crippen molar-refractivity contribution >= 4 is 21.7 Å². The molecule has 0 saturated heterocycles. The average molecular weight is 800 g/mol. The van der Waals surface area contributed by atoms with E-state index in [1.807, 2.05) is 24.3 Å². The molecule has 3 heteroatoms. The Balaban J connectivity index is 0.980. The van der Waals surface area contributed by atoms with Gasteiger partial charge in [-0.25, -0.2) is 15.0 Å². The molecule has 292 valence electrons. The van der Waals surface area contributed by atoms with Gasteiger partial charge in [-0.15, -0.1) is 0 Å². The molecular weight excluding hydrogens is 763 g/mol. The van der Waals surface area contributed by atoms with Crippen molar-refractivity contribution in [3.05, 3.63) is 247 Å². The van der Waals surface area contributed by atoms with E-state index in [1.54, 1.807) is 0 Å². The maximum Gasteiger partial charge on any atom is 0.160 e. The number of hydrogen-bond acceptors (Lipinski definition) is 3. The van der Waals surface area contributed by atoms with Crippen molar-refractivity contribution in [3.63, 3.8) is 0 Å². The third kappa shape index (κ3) is 5.36. The summed E-state index contributed by atoms with van der Waals surface area (Å²) in [5.41, 5.74) is 20.2. The molecule has 2 aromatic heterocycles. The van der Waals surface area contributed by atoms with Gasteiger partial charge < -0.3 is 0 Å². The number of aromatic nitrogens is 3. The van der Waals surface area contributed by atoms with E-state index in [1.165, 1.54) is 61.0 Å². The molecule has 2 aliphatic carbocycles. The summed E-state index contributed by atoms with van der Waals surface area (Å²) in [4.78, 5) is 15.7. The topological polar surface area (TPSA) is 38.7 Å². The average Bonchev–Trinajstić information content (AvgIpc) is 3.83. The number of pyridine rings is 1. The molecule has 2 aliphatic rings. The van der Waals surface area contributed by atoms with E-state index >= 15 is 0 Å². The van der Waals surface area contributed by atoms with Crippen LogP contribution in [-0.2, 0) is 5.41 Å². The zero-order valence-electron chi connectivity index (χ0n) is 34.2. The second kappa shape index (κ2) is 13.9. The minimum atomic E-state index is -0.441. The van der Waals surface area contributed by atoms with Crippen LogP contribution in [0.4, 0.5) is 0 Å². The molecule has 0 fully saturated rings. The Morgan fingerprint density at radius 3 is 1.33 bits per heavy atom. The molecular formula is C60H37N3. The molecule has 0 radical (unpaired) electrons. The highest BCUT2D eigenvalue weighted by molar-refractivity contribution is 6.14. The molecule has 11 aromatic rings. The largest absolute Gasteiger partial charge is 0.247 e. The Bertz CT molecular complexity index is 3550. The van der Waals surface area contributed by atoms with Crippen LogP contribution < -0.4 is 0 Å². The van der Waals surface area contributed by atoms with Crippen molar-refractivity contribution in [2.75, 3.05) is 0 Å². The summed E-state index contributed by atoms with van der Waals surface area (Å²) in [5, 5.41) is 3.50. The molecule has 63 heavy (non-hydrogen) atoms. The maximum atomic E-state index is 5.47. The van der Waals surface area contributed by atoms with Crippen LogP contribution in [-0.4, -0.2) is 15.0 Å². The molecule has 0 bridgehead atoms. The van der Waals surface area contributed by atoms with Crippen molar-refractivity contribution < 1.29 is 0 Å². The van der Waals surface area contributed by atoms with E-state index in [9.17, 15) is 0 Å². The van der Waals surface area contributed by atoms with Gasteiger partial charge in [0.15, 0.2) is 5.82 Å². The fourth-order valence-corrected chi connectivity index (χ4v) is 10.5. The van der Waals surface area contributed by atoms with Crippen LogP contribution in [0, 0.1) is 0 Å². The number of para-hydroxylation sites is 1. The van der Waals surface area contributed by atoms with Gasteiger partial charge in [-0.05, 0) is 85.3 Å². The lowest BCUT2D eigenvalue weighted by molar-refractivity contribution is 0.795. The summed E-state index contributed by atoms with van der Waals surface area (Å²) < 4.78 is 0.